The minimum atomic E-state index is -0.0520. The summed E-state index contributed by atoms with van der Waals surface area (Å²) >= 11 is 6.36. The lowest BCUT2D eigenvalue weighted by Crippen LogP contribution is -2.46. The molecule has 0 aliphatic carbocycles. The quantitative estimate of drug-likeness (QED) is 0.553. The normalized spacial score (nSPS) is 19.9. The van der Waals surface area contributed by atoms with Crippen LogP contribution in [0.15, 0.2) is 18.2 Å². The lowest BCUT2D eigenvalue weighted by Gasteiger charge is -2.37. The third-order valence-corrected chi connectivity index (χ3v) is 6.53. The highest BCUT2D eigenvalue weighted by atomic mass is 35.5. The molecule has 2 aliphatic rings. The number of ether oxygens (including phenoxy) is 2. The van der Waals surface area contributed by atoms with Gasteiger partial charge in [-0.1, -0.05) is 25.4 Å². The number of nitrogens with zero attached hydrogens (tertiary/aromatic N) is 2. The summed E-state index contributed by atoms with van der Waals surface area (Å²) < 4.78 is 11.1. The Balaban J connectivity index is 1.55. The van der Waals surface area contributed by atoms with E-state index < -0.39 is 0 Å². The topological polar surface area (TPSA) is 59.1 Å². The third-order valence-electron chi connectivity index (χ3n) is 6.25. The van der Waals surface area contributed by atoms with Gasteiger partial charge in [-0.15, -0.1) is 0 Å². The number of carbonyl (C=O) groups excluding carboxylic acids is 2. The number of halogens is 1. The van der Waals surface area contributed by atoms with Crippen molar-refractivity contribution in [2.45, 2.75) is 46.0 Å². The van der Waals surface area contributed by atoms with Crippen molar-refractivity contribution in [1.82, 2.24) is 9.80 Å². The van der Waals surface area contributed by atoms with Gasteiger partial charge < -0.3 is 19.3 Å². The molecule has 176 valence electrons. The largest absolute Gasteiger partial charge is 0.493 e. The van der Waals surface area contributed by atoms with Gasteiger partial charge in [0.05, 0.1) is 18.7 Å². The van der Waals surface area contributed by atoms with Gasteiger partial charge in [-0.2, -0.15) is 0 Å². The van der Waals surface area contributed by atoms with Crippen LogP contribution >= 0.6 is 11.6 Å². The maximum Gasteiger partial charge on any atom is 0.246 e. The van der Waals surface area contributed by atoms with E-state index in [2.05, 4.69) is 6.92 Å². The highest BCUT2D eigenvalue weighted by molar-refractivity contribution is 6.32. The average Bonchev–Trinajstić information content (AvgIpc) is 2.81. The van der Waals surface area contributed by atoms with Gasteiger partial charge in [0.1, 0.15) is 0 Å². The van der Waals surface area contributed by atoms with E-state index in [0.717, 1.165) is 44.3 Å². The summed E-state index contributed by atoms with van der Waals surface area (Å²) in [6.45, 7) is 7.75. The molecule has 2 aliphatic heterocycles. The molecule has 0 aromatic heterocycles. The highest BCUT2D eigenvalue weighted by Gasteiger charge is 2.31. The molecule has 0 N–H and O–H groups in total. The minimum Gasteiger partial charge on any atom is -0.493 e. The van der Waals surface area contributed by atoms with Gasteiger partial charge in [0.15, 0.2) is 11.5 Å². The van der Waals surface area contributed by atoms with Crippen LogP contribution in [-0.2, 0) is 9.59 Å². The zero-order valence-corrected chi connectivity index (χ0v) is 20.2. The average molecular weight is 463 g/mol. The fraction of sp³-hybridized carbons (Fsp3) is 0.600. The Kier molecular flexibility index (Phi) is 8.85. The van der Waals surface area contributed by atoms with Gasteiger partial charge in [0.2, 0.25) is 11.8 Å². The number of methoxy groups -OCH3 is 1. The van der Waals surface area contributed by atoms with Crippen molar-refractivity contribution >= 4 is 29.5 Å². The van der Waals surface area contributed by atoms with Crippen LogP contribution in [-0.4, -0.2) is 61.5 Å². The molecule has 2 saturated heterocycles. The van der Waals surface area contributed by atoms with Crippen LogP contribution in [0.3, 0.4) is 0 Å². The van der Waals surface area contributed by atoms with Gasteiger partial charge in [-0.25, -0.2) is 0 Å². The van der Waals surface area contributed by atoms with Gasteiger partial charge in [-0.3, -0.25) is 9.59 Å². The Morgan fingerprint density at radius 1 is 1.16 bits per heavy atom. The predicted octanol–water partition coefficient (Wildman–Crippen LogP) is 4.65. The van der Waals surface area contributed by atoms with Crippen LogP contribution in [0.5, 0.6) is 11.5 Å². The molecule has 3 rings (SSSR count). The van der Waals surface area contributed by atoms with Crippen molar-refractivity contribution in [3.63, 3.8) is 0 Å². The number of hydrogen-bond donors (Lipinski definition) is 0. The van der Waals surface area contributed by atoms with Crippen LogP contribution in [0.1, 0.15) is 51.5 Å². The van der Waals surface area contributed by atoms with E-state index in [1.54, 1.807) is 25.3 Å². The van der Waals surface area contributed by atoms with Gasteiger partial charge in [0, 0.05) is 38.2 Å². The summed E-state index contributed by atoms with van der Waals surface area (Å²) in [5, 5.41) is 0.455. The summed E-state index contributed by atoms with van der Waals surface area (Å²) in [5.41, 5.74) is 0.772. The zero-order chi connectivity index (χ0) is 23.1. The number of likely N-dealkylation sites (tertiary alicyclic amines) is 2. The van der Waals surface area contributed by atoms with Gasteiger partial charge >= 0.3 is 0 Å². The van der Waals surface area contributed by atoms with E-state index in [1.165, 1.54) is 6.42 Å². The Bertz CT molecular complexity index is 833. The van der Waals surface area contributed by atoms with E-state index in [-0.39, 0.29) is 17.7 Å². The fourth-order valence-corrected chi connectivity index (χ4v) is 4.72. The molecule has 0 bridgehead atoms. The summed E-state index contributed by atoms with van der Waals surface area (Å²) in [7, 11) is 1.57. The number of benzene rings is 1. The SMILES string of the molecule is CCCOc1c(Cl)cc(/C=C/C(=O)N2CCC(C(=O)N3CCC[C@H](C)C3)CC2)cc1OC. The first-order valence-corrected chi connectivity index (χ1v) is 12.1. The molecule has 0 spiro atoms. The van der Waals surface area contributed by atoms with Crippen molar-refractivity contribution in [2.24, 2.45) is 11.8 Å². The van der Waals surface area contributed by atoms with Crippen molar-refractivity contribution < 1.29 is 19.1 Å². The molecule has 1 aromatic rings. The van der Waals surface area contributed by atoms with Crippen LogP contribution in [0.2, 0.25) is 5.02 Å². The second-order valence-corrected chi connectivity index (χ2v) is 9.25. The number of rotatable bonds is 7. The lowest BCUT2D eigenvalue weighted by molar-refractivity contribution is -0.140. The third kappa shape index (κ3) is 6.18. The lowest BCUT2D eigenvalue weighted by atomic mass is 9.92. The number of carbonyl (C=O) groups is 2. The number of piperidine rings is 2. The van der Waals surface area contributed by atoms with Crippen molar-refractivity contribution in [3.8, 4) is 11.5 Å². The molecule has 0 radical (unpaired) electrons. The first-order chi connectivity index (χ1) is 15.4. The van der Waals surface area contributed by atoms with E-state index >= 15 is 0 Å². The summed E-state index contributed by atoms with van der Waals surface area (Å²) in [6.07, 6.45) is 7.93. The highest BCUT2D eigenvalue weighted by Crippen LogP contribution is 2.37. The standard InChI is InChI=1S/C25H35ClN2O4/c1-4-14-32-24-21(26)15-19(16-22(24)31-3)7-8-23(29)27-12-9-20(10-13-27)25(30)28-11-5-6-18(2)17-28/h7-8,15-16,18,20H,4-6,9-14,17H2,1-3H3/b8-7+/t18-/m0/s1. The van der Waals surface area contributed by atoms with Gasteiger partial charge in [-0.05, 0) is 61.8 Å². The van der Waals surface area contributed by atoms with E-state index in [4.69, 9.17) is 21.1 Å². The molecule has 1 atom stereocenters. The molecule has 1 aromatic carbocycles. The van der Waals surface area contributed by atoms with Crippen molar-refractivity contribution in [2.75, 3.05) is 39.9 Å². The molecule has 2 amide bonds. The Hall–Kier alpha value is -2.21. The Labute approximate surface area is 196 Å². The van der Waals surface area contributed by atoms with Crippen LogP contribution < -0.4 is 9.47 Å². The van der Waals surface area contributed by atoms with Crippen molar-refractivity contribution in [3.05, 3.63) is 28.8 Å². The molecular weight excluding hydrogens is 428 g/mol. The minimum absolute atomic E-state index is 0.0343. The Morgan fingerprint density at radius 2 is 1.91 bits per heavy atom. The maximum atomic E-state index is 12.8. The maximum absolute atomic E-state index is 12.8. The van der Waals surface area contributed by atoms with Crippen LogP contribution in [0, 0.1) is 11.8 Å². The Morgan fingerprint density at radius 3 is 2.56 bits per heavy atom. The molecule has 0 unspecified atom stereocenters. The summed E-state index contributed by atoms with van der Waals surface area (Å²) in [4.78, 5) is 29.4. The molecule has 32 heavy (non-hydrogen) atoms. The molecular formula is C25H35ClN2O4. The second kappa shape index (κ2) is 11.6. The first-order valence-electron chi connectivity index (χ1n) is 11.7. The number of amides is 2. The zero-order valence-electron chi connectivity index (χ0n) is 19.4. The molecule has 0 saturated carbocycles. The predicted molar refractivity (Wildman–Crippen MR) is 127 cm³/mol. The van der Waals surface area contributed by atoms with Crippen molar-refractivity contribution in [1.29, 1.82) is 0 Å². The smallest absolute Gasteiger partial charge is 0.246 e. The monoisotopic (exact) mass is 462 g/mol. The van der Waals surface area contributed by atoms with Crippen LogP contribution in [0.4, 0.5) is 0 Å². The molecule has 2 fully saturated rings. The van der Waals surface area contributed by atoms with E-state index in [0.29, 0.717) is 42.1 Å². The van der Waals surface area contributed by atoms with Gasteiger partial charge in [0.25, 0.3) is 0 Å². The first kappa shape index (κ1) is 24.4. The molecule has 2 heterocycles. The fourth-order valence-electron chi connectivity index (χ4n) is 4.45. The van der Waals surface area contributed by atoms with E-state index in [9.17, 15) is 9.59 Å². The second-order valence-electron chi connectivity index (χ2n) is 8.85. The number of hydrogen-bond acceptors (Lipinski definition) is 4. The summed E-state index contributed by atoms with van der Waals surface area (Å²) in [6, 6.07) is 3.58. The molecule has 7 heteroatoms. The van der Waals surface area contributed by atoms with E-state index in [1.807, 2.05) is 22.8 Å². The summed E-state index contributed by atoms with van der Waals surface area (Å²) in [5.74, 6) is 1.90. The molecule has 6 nitrogen and oxygen atoms in total. The van der Waals surface area contributed by atoms with Crippen LogP contribution in [0.25, 0.3) is 6.08 Å².